The topological polar surface area (TPSA) is 173 Å². The second-order valence-corrected chi connectivity index (χ2v) is 12.0. The van der Waals surface area contributed by atoms with Crippen LogP contribution in [0.4, 0.5) is 5.82 Å². The summed E-state index contributed by atoms with van der Waals surface area (Å²) in [6, 6.07) is 19.4. The van der Waals surface area contributed by atoms with Crippen LogP contribution in [0.1, 0.15) is 70.9 Å². The van der Waals surface area contributed by atoms with Gasteiger partial charge in [0.1, 0.15) is 11.9 Å². The molecule has 242 valence electrons. The summed E-state index contributed by atoms with van der Waals surface area (Å²) in [5.74, 6) is -1.92. The number of esters is 1. The van der Waals surface area contributed by atoms with E-state index in [0.717, 1.165) is 16.7 Å². The van der Waals surface area contributed by atoms with Gasteiger partial charge >= 0.3 is 5.97 Å². The number of hydrogen-bond acceptors (Lipinski definition) is 10. The summed E-state index contributed by atoms with van der Waals surface area (Å²) in [5, 5.41) is 31.0. The molecule has 10 nitrogen and oxygen atoms in total. The lowest BCUT2D eigenvalue weighted by atomic mass is 9.71. The molecule has 3 aromatic rings. The number of rotatable bonds is 15. The number of aryl methyl sites for hydroxylation is 2. The maximum Gasteiger partial charge on any atom is 0.350 e. The lowest BCUT2D eigenvalue weighted by molar-refractivity contribution is -0.160. The third-order valence-corrected chi connectivity index (χ3v) is 9.04. The van der Waals surface area contributed by atoms with Gasteiger partial charge in [-0.3, -0.25) is 9.59 Å². The number of aliphatic hydroxyl groups excluding tert-OH is 3. The molecule has 0 spiro atoms. The van der Waals surface area contributed by atoms with Crippen LogP contribution < -0.4 is 5.73 Å². The summed E-state index contributed by atoms with van der Waals surface area (Å²) in [7, 11) is 0. The predicted molar refractivity (Wildman–Crippen MR) is 170 cm³/mol. The summed E-state index contributed by atoms with van der Waals surface area (Å²) in [6.45, 7) is 1.22. The highest BCUT2D eigenvalue weighted by atomic mass is 16.7. The van der Waals surface area contributed by atoms with Crippen LogP contribution in [0.5, 0.6) is 0 Å². The summed E-state index contributed by atoms with van der Waals surface area (Å²) < 4.78 is 11.9. The molecule has 46 heavy (non-hydrogen) atoms. The Bertz CT molecular complexity index is 1620. The Balaban J connectivity index is 1.43. The lowest BCUT2D eigenvalue weighted by Crippen LogP contribution is -2.52. The number of nitrogens with two attached hydrogens (primary N) is 1. The molecule has 10 heteroatoms. The van der Waals surface area contributed by atoms with Crippen LogP contribution in [0, 0.1) is 0 Å². The van der Waals surface area contributed by atoms with Crippen LogP contribution in [-0.2, 0) is 27.1 Å². The summed E-state index contributed by atoms with van der Waals surface area (Å²) in [6.07, 6.45) is 1.54. The van der Waals surface area contributed by atoms with Crippen molar-refractivity contribution in [2.45, 2.75) is 75.3 Å². The van der Waals surface area contributed by atoms with Crippen molar-refractivity contribution in [1.82, 2.24) is 4.98 Å². The molecule has 1 aliphatic carbocycles. The first kappa shape index (κ1) is 33.2. The Morgan fingerprint density at radius 2 is 1.65 bits per heavy atom. The van der Waals surface area contributed by atoms with E-state index in [2.05, 4.69) is 4.98 Å². The number of nitrogens with zero attached hydrogens (tertiary/aromatic N) is 1. The average molecular weight is 629 g/mol. The van der Waals surface area contributed by atoms with Gasteiger partial charge in [0.15, 0.2) is 11.4 Å². The molecule has 0 radical (unpaired) electrons. The fourth-order valence-electron chi connectivity index (χ4n) is 6.29. The molecule has 5 N–H and O–H groups in total. The number of fused-ring (bicyclic) bond motifs is 2. The number of anilines is 1. The van der Waals surface area contributed by atoms with E-state index in [9.17, 15) is 29.7 Å². The van der Waals surface area contributed by atoms with E-state index in [1.165, 1.54) is 12.1 Å². The summed E-state index contributed by atoms with van der Waals surface area (Å²) in [5.41, 5.74) is 5.00. The molecule has 1 aliphatic heterocycles. The average Bonchev–Trinajstić information content (AvgIpc) is 3.78. The van der Waals surface area contributed by atoms with E-state index in [1.54, 1.807) is 24.4 Å². The van der Waals surface area contributed by atoms with Crippen molar-refractivity contribution in [3.8, 4) is 0 Å². The smallest absolute Gasteiger partial charge is 0.350 e. The van der Waals surface area contributed by atoms with E-state index in [0.29, 0.717) is 30.7 Å². The number of epoxide rings is 1. The number of ketones is 2. The minimum atomic E-state index is -2.27. The van der Waals surface area contributed by atoms with Gasteiger partial charge in [-0.05, 0) is 74.3 Å². The van der Waals surface area contributed by atoms with Gasteiger partial charge in [0.25, 0.3) is 5.60 Å². The Hall–Kier alpha value is -4.22. The van der Waals surface area contributed by atoms with Crippen molar-refractivity contribution in [2.75, 3.05) is 18.9 Å². The third-order valence-electron chi connectivity index (χ3n) is 9.04. The van der Waals surface area contributed by atoms with Crippen LogP contribution in [0.25, 0.3) is 0 Å². The van der Waals surface area contributed by atoms with E-state index >= 15 is 0 Å². The summed E-state index contributed by atoms with van der Waals surface area (Å²) >= 11 is 0. The maximum absolute atomic E-state index is 14.1. The molecule has 2 aliphatic rings. The van der Waals surface area contributed by atoms with Crippen molar-refractivity contribution >= 4 is 23.4 Å². The first-order valence-electron chi connectivity index (χ1n) is 15.6. The number of carbonyl (C=O) groups is 3. The van der Waals surface area contributed by atoms with Crippen molar-refractivity contribution in [3.05, 3.63) is 106 Å². The van der Waals surface area contributed by atoms with Crippen LogP contribution in [0.2, 0.25) is 0 Å². The van der Waals surface area contributed by atoms with Gasteiger partial charge in [-0.2, -0.15) is 0 Å². The van der Waals surface area contributed by atoms with E-state index in [4.69, 9.17) is 15.2 Å². The molecule has 5 rings (SSSR count). The number of Topliss-reactive ketones (excluding diaryl/α,β-unsaturated/α-hetero) is 2. The molecule has 1 fully saturated rings. The van der Waals surface area contributed by atoms with Gasteiger partial charge in [0, 0.05) is 30.4 Å². The number of nitrogen functional groups attached to an aromatic ring is 1. The number of pyridine rings is 1. The Morgan fingerprint density at radius 3 is 2.33 bits per heavy atom. The molecular weight excluding hydrogens is 588 g/mol. The molecular formula is C36H40N2O8. The van der Waals surface area contributed by atoms with Gasteiger partial charge in [-0.1, -0.05) is 60.2 Å². The third kappa shape index (κ3) is 6.39. The molecule has 0 saturated carbocycles. The van der Waals surface area contributed by atoms with Crippen molar-refractivity contribution < 1.29 is 39.2 Å². The zero-order valence-electron chi connectivity index (χ0n) is 25.9. The highest BCUT2D eigenvalue weighted by molar-refractivity contribution is 6.33. The van der Waals surface area contributed by atoms with E-state index in [1.807, 2.05) is 43.3 Å². The zero-order chi connectivity index (χ0) is 32.9. The van der Waals surface area contributed by atoms with Crippen LogP contribution in [0.15, 0.2) is 84.1 Å². The first-order chi connectivity index (χ1) is 22.2. The van der Waals surface area contributed by atoms with Gasteiger partial charge in [0.05, 0.1) is 12.7 Å². The highest BCUT2D eigenvalue weighted by Crippen LogP contribution is 2.59. The van der Waals surface area contributed by atoms with Crippen LogP contribution in [-0.4, -0.2) is 74.5 Å². The SMILES string of the molecule is CC(CCc1ccnc(N)c1)=C(CO)CC12OC1(C(=O)OC(CCCO)C(O)CCc1ccccc1)C(=O)c1ccccc1C2=O. The first-order valence-corrected chi connectivity index (χ1v) is 15.6. The maximum atomic E-state index is 14.1. The van der Waals surface area contributed by atoms with E-state index in [-0.39, 0.29) is 43.4 Å². The molecule has 4 atom stereocenters. The van der Waals surface area contributed by atoms with Crippen molar-refractivity contribution in [1.29, 1.82) is 0 Å². The van der Waals surface area contributed by atoms with Crippen molar-refractivity contribution in [3.63, 3.8) is 0 Å². The highest BCUT2D eigenvalue weighted by Gasteiger charge is 2.85. The van der Waals surface area contributed by atoms with E-state index < -0.39 is 47.6 Å². The molecule has 1 aromatic heterocycles. The fraction of sp³-hybridized carbons (Fsp3) is 0.389. The zero-order valence-corrected chi connectivity index (χ0v) is 25.9. The minimum absolute atomic E-state index is 0.0515. The molecule has 0 bridgehead atoms. The van der Waals surface area contributed by atoms with Crippen molar-refractivity contribution in [2.24, 2.45) is 0 Å². The number of benzene rings is 2. The number of allylic oxidation sites excluding steroid dienone is 1. The largest absolute Gasteiger partial charge is 0.457 e. The number of hydrogen-bond donors (Lipinski definition) is 4. The molecule has 0 amide bonds. The number of aliphatic hydroxyl groups is 3. The Labute approximate surface area is 267 Å². The van der Waals surface area contributed by atoms with Gasteiger partial charge in [0.2, 0.25) is 5.78 Å². The monoisotopic (exact) mass is 628 g/mol. The minimum Gasteiger partial charge on any atom is -0.457 e. The lowest BCUT2D eigenvalue weighted by Gasteiger charge is -2.28. The standard InChI is InChI=1S/C36H40N2O8/c1-23(13-14-25-17-18-38-31(37)20-25)26(22-40)21-35-32(42)27-10-5-6-11-28(27)33(43)36(35,46-35)34(44)45-30(12-7-19-39)29(41)16-15-24-8-3-2-4-9-24/h2-6,8-11,17-18,20,29-30,39-41H,7,12-16,19,21-22H2,1H3,(H2,37,38). The van der Waals surface area contributed by atoms with Gasteiger partial charge < -0.3 is 30.5 Å². The molecule has 2 heterocycles. The second kappa shape index (κ2) is 14.0. The van der Waals surface area contributed by atoms with Crippen LogP contribution in [0.3, 0.4) is 0 Å². The second-order valence-electron chi connectivity index (χ2n) is 12.0. The van der Waals surface area contributed by atoms with Gasteiger partial charge in [-0.25, -0.2) is 9.78 Å². The van der Waals surface area contributed by atoms with Gasteiger partial charge in [-0.15, -0.1) is 0 Å². The quantitative estimate of drug-likeness (QED) is 0.0844. The number of carbonyl (C=O) groups excluding carboxylic acids is 3. The normalized spacial score (nSPS) is 21.9. The predicted octanol–water partition coefficient (Wildman–Crippen LogP) is 3.56. The van der Waals surface area contributed by atoms with Crippen LogP contribution >= 0.6 is 0 Å². The molecule has 2 aromatic carbocycles. The summed E-state index contributed by atoms with van der Waals surface area (Å²) in [4.78, 5) is 46.2. The Kier molecular flexibility index (Phi) is 10.1. The molecule has 4 unspecified atom stereocenters. The number of aromatic nitrogens is 1. The fourth-order valence-corrected chi connectivity index (χ4v) is 6.29. The Morgan fingerprint density at radius 1 is 0.957 bits per heavy atom. The molecule has 1 saturated heterocycles. The number of ether oxygens (including phenoxy) is 2.